The van der Waals surface area contributed by atoms with Gasteiger partial charge >= 0.3 is 8.25 Å². The number of unbranched alkanes of at least 4 members (excludes halogenated alkanes) is 9. The number of benzene rings is 2. The summed E-state index contributed by atoms with van der Waals surface area (Å²) >= 11 is 0. The first kappa shape index (κ1) is 22.9. The van der Waals surface area contributed by atoms with Gasteiger partial charge in [0, 0.05) is 0 Å². The van der Waals surface area contributed by atoms with Crippen LogP contribution in [0.15, 0.2) is 42.5 Å². The van der Waals surface area contributed by atoms with Crippen molar-refractivity contribution in [3.8, 4) is 0 Å². The molecule has 0 aliphatic heterocycles. The molecule has 0 saturated carbocycles. The van der Waals surface area contributed by atoms with Gasteiger partial charge in [0.15, 0.2) is 0 Å². The summed E-state index contributed by atoms with van der Waals surface area (Å²) in [5, 5.41) is 2.83. The molecule has 146 valence electrons. The largest absolute Gasteiger partial charge is 0.326 e. The van der Waals surface area contributed by atoms with Gasteiger partial charge in [-0.15, -0.1) is 0 Å². The molecule has 3 nitrogen and oxygen atoms in total. The molecule has 2 aromatic carbocycles. The fourth-order valence-electron chi connectivity index (χ4n) is 3.31. The highest BCUT2D eigenvalue weighted by atomic mass is 31.1. The van der Waals surface area contributed by atoms with Crippen LogP contribution >= 0.6 is 8.25 Å². The molecular weight excluding hydrogens is 343 g/mol. The topological polar surface area (TPSA) is 57.5 Å². The van der Waals surface area contributed by atoms with E-state index in [1.807, 2.05) is 0 Å². The van der Waals surface area contributed by atoms with Crippen molar-refractivity contribution < 1.29 is 14.4 Å². The van der Waals surface area contributed by atoms with Crippen molar-refractivity contribution in [2.24, 2.45) is 0 Å². The molecule has 0 aliphatic carbocycles. The molecule has 2 rings (SSSR count). The maximum atomic E-state index is 8.74. The molecule has 0 fully saturated rings. The Morgan fingerprint density at radius 2 is 1.23 bits per heavy atom. The summed E-state index contributed by atoms with van der Waals surface area (Å²) in [5.74, 6) is 0. The molecule has 0 spiro atoms. The van der Waals surface area contributed by atoms with Crippen LogP contribution in [0, 0.1) is 0 Å². The molecule has 2 N–H and O–H groups in total. The first-order valence-electron chi connectivity index (χ1n) is 10.0. The maximum Gasteiger partial charge on any atom is 0.314 e. The van der Waals surface area contributed by atoms with Gasteiger partial charge in [0.25, 0.3) is 0 Å². The van der Waals surface area contributed by atoms with E-state index in [2.05, 4.69) is 49.4 Å². The van der Waals surface area contributed by atoms with Gasteiger partial charge in [-0.3, -0.25) is 4.57 Å². The third-order valence-corrected chi connectivity index (χ3v) is 4.68. The Hall–Kier alpha value is -1.15. The molecule has 0 saturated heterocycles. The van der Waals surface area contributed by atoms with Crippen LogP contribution in [0.2, 0.25) is 0 Å². The number of hydrogen-bond acceptors (Lipinski definition) is 1. The van der Waals surface area contributed by atoms with Gasteiger partial charge in [-0.1, -0.05) is 107 Å². The Morgan fingerprint density at radius 1 is 0.731 bits per heavy atom. The minimum absolute atomic E-state index is 1.23. The Bertz CT molecular complexity index is 618. The Morgan fingerprint density at radius 3 is 1.85 bits per heavy atom. The van der Waals surface area contributed by atoms with Crippen LogP contribution < -0.4 is 0 Å². The zero-order chi connectivity index (χ0) is 19.0. The van der Waals surface area contributed by atoms with E-state index in [-0.39, 0.29) is 0 Å². The lowest BCUT2D eigenvalue weighted by Gasteiger charge is -2.06. The van der Waals surface area contributed by atoms with E-state index >= 15 is 0 Å². The number of rotatable bonds is 11. The minimum Gasteiger partial charge on any atom is -0.326 e. The van der Waals surface area contributed by atoms with Crippen LogP contribution in [0.25, 0.3) is 10.8 Å². The highest BCUT2D eigenvalue weighted by molar-refractivity contribution is 7.30. The van der Waals surface area contributed by atoms with E-state index in [4.69, 9.17) is 14.4 Å². The van der Waals surface area contributed by atoms with E-state index in [9.17, 15) is 0 Å². The van der Waals surface area contributed by atoms with Crippen molar-refractivity contribution in [2.45, 2.75) is 77.6 Å². The Labute approximate surface area is 159 Å². The van der Waals surface area contributed by atoms with Gasteiger partial charge in [0.05, 0.1) is 0 Å². The summed E-state index contributed by atoms with van der Waals surface area (Å²) in [4.78, 5) is 14.3. The monoisotopic (exact) mass is 378 g/mol. The van der Waals surface area contributed by atoms with E-state index in [1.54, 1.807) is 0 Å². The molecule has 0 heterocycles. The summed E-state index contributed by atoms with van der Waals surface area (Å²) in [7, 11) is -3.13. The number of hydrogen-bond donors (Lipinski definition) is 2. The van der Waals surface area contributed by atoms with Gasteiger partial charge in [-0.25, -0.2) is 0 Å². The first-order valence-corrected chi connectivity index (χ1v) is 11.3. The maximum absolute atomic E-state index is 8.74. The smallest absolute Gasteiger partial charge is 0.314 e. The van der Waals surface area contributed by atoms with Crippen LogP contribution in [-0.2, 0) is 11.0 Å². The average Bonchev–Trinajstić information content (AvgIpc) is 2.63. The second kappa shape index (κ2) is 15.0. The molecule has 0 amide bonds. The molecule has 0 bridgehead atoms. The molecule has 0 radical (unpaired) electrons. The molecule has 0 unspecified atom stereocenters. The van der Waals surface area contributed by atoms with E-state index in [0.29, 0.717) is 0 Å². The van der Waals surface area contributed by atoms with Crippen molar-refractivity contribution in [2.75, 3.05) is 0 Å². The first-order chi connectivity index (χ1) is 12.6. The highest BCUT2D eigenvalue weighted by Crippen LogP contribution is 2.20. The summed E-state index contributed by atoms with van der Waals surface area (Å²) in [5.41, 5.74) is 1.53. The lowest BCUT2D eigenvalue weighted by atomic mass is 9.99. The van der Waals surface area contributed by atoms with Crippen molar-refractivity contribution in [1.29, 1.82) is 0 Å². The van der Waals surface area contributed by atoms with Crippen LogP contribution in [0.5, 0.6) is 0 Å². The van der Waals surface area contributed by atoms with Gasteiger partial charge in [-0.2, -0.15) is 0 Å². The summed E-state index contributed by atoms with van der Waals surface area (Å²) in [6, 6.07) is 15.5. The zero-order valence-electron chi connectivity index (χ0n) is 16.1. The van der Waals surface area contributed by atoms with Crippen molar-refractivity contribution in [3.63, 3.8) is 0 Å². The number of aryl methyl sites for hydroxylation is 1. The minimum atomic E-state index is -3.13. The normalized spacial score (nSPS) is 10.8. The van der Waals surface area contributed by atoms with Crippen molar-refractivity contribution in [1.82, 2.24) is 0 Å². The third-order valence-electron chi connectivity index (χ3n) is 4.68. The lowest BCUT2D eigenvalue weighted by molar-refractivity contribution is 0.405. The predicted octanol–water partition coefficient (Wildman–Crippen LogP) is 6.66. The Balaban J connectivity index is 0.000000765. The van der Waals surface area contributed by atoms with Crippen molar-refractivity contribution >= 4 is 19.0 Å². The molecule has 26 heavy (non-hydrogen) atoms. The average molecular weight is 378 g/mol. The van der Waals surface area contributed by atoms with Crippen LogP contribution in [0.4, 0.5) is 0 Å². The van der Waals surface area contributed by atoms with Gasteiger partial charge in [-0.05, 0) is 29.2 Å². The zero-order valence-corrected chi connectivity index (χ0v) is 17.1. The van der Waals surface area contributed by atoms with Crippen LogP contribution in [-0.4, -0.2) is 9.79 Å². The molecule has 0 aromatic heterocycles. The van der Waals surface area contributed by atoms with Crippen LogP contribution in [0.1, 0.15) is 76.7 Å². The summed E-state index contributed by atoms with van der Waals surface area (Å²) < 4.78 is 8.74. The Kier molecular flexibility index (Phi) is 13.2. The fraction of sp³-hybridized carbons (Fsp3) is 0.545. The van der Waals surface area contributed by atoms with E-state index in [1.165, 1.54) is 87.0 Å². The van der Waals surface area contributed by atoms with Crippen molar-refractivity contribution in [3.05, 3.63) is 48.0 Å². The van der Waals surface area contributed by atoms with E-state index < -0.39 is 8.25 Å². The van der Waals surface area contributed by atoms with Gasteiger partial charge < -0.3 is 9.79 Å². The SMILES string of the molecule is CCCCCCCCCCCCc1cccc2ccccc12.O=[PH](O)O. The second-order valence-corrected chi connectivity index (χ2v) is 7.42. The highest BCUT2D eigenvalue weighted by Gasteiger charge is 2.00. The predicted molar refractivity (Wildman–Crippen MR) is 113 cm³/mol. The number of fused-ring (bicyclic) bond motifs is 1. The lowest BCUT2D eigenvalue weighted by Crippen LogP contribution is -1.88. The van der Waals surface area contributed by atoms with Gasteiger partial charge in [0.1, 0.15) is 0 Å². The summed E-state index contributed by atoms with van der Waals surface area (Å²) in [6.45, 7) is 2.29. The molecule has 4 heteroatoms. The van der Waals surface area contributed by atoms with E-state index in [0.717, 1.165) is 0 Å². The van der Waals surface area contributed by atoms with Crippen LogP contribution in [0.3, 0.4) is 0 Å². The second-order valence-electron chi connectivity index (χ2n) is 6.85. The quantitative estimate of drug-likeness (QED) is 0.339. The fourth-order valence-corrected chi connectivity index (χ4v) is 3.31. The molecule has 0 atom stereocenters. The standard InChI is InChI=1S/C22H32.H3O3P/c1-2-3-4-5-6-7-8-9-10-11-15-20-17-14-18-21-16-12-13-19-22(20)21;1-4(2)3/h12-14,16-19H,2-11,15H2,1H3;4H,(H2,1,2,3). The summed E-state index contributed by atoms with van der Waals surface area (Å²) in [6.07, 6.45) is 15.4. The molecule has 2 aromatic rings. The molecule has 0 aliphatic rings. The van der Waals surface area contributed by atoms with Gasteiger partial charge in [0.2, 0.25) is 0 Å². The third kappa shape index (κ3) is 10.8. The molecular formula is C22H35O3P.